The fourth-order valence-electron chi connectivity index (χ4n) is 7.32. The molecule has 2 aliphatic carbocycles. The van der Waals surface area contributed by atoms with Crippen LogP contribution < -0.4 is 9.13 Å². The highest BCUT2D eigenvalue weighted by Gasteiger charge is 2.75. The third-order valence-electron chi connectivity index (χ3n) is 7.92. The van der Waals surface area contributed by atoms with Crippen LogP contribution in [0.4, 0.5) is 0 Å². The predicted molar refractivity (Wildman–Crippen MR) is 101 cm³/mol. The highest BCUT2D eigenvalue weighted by Crippen LogP contribution is 2.56. The summed E-state index contributed by atoms with van der Waals surface area (Å²) in [5.41, 5.74) is 12.5. The Labute approximate surface area is 158 Å². The van der Waals surface area contributed by atoms with Gasteiger partial charge in [0.05, 0.1) is 25.7 Å². The largest absolute Gasteiger partial charge is 0.382 e. The Morgan fingerprint density at radius 1 is 0.556 bits per heavy atom. The summed E-state index contributed by atoms with van der Waals surface area (Å²) < 4.78 is 5.56. The van der Waals surface area contributed by atoms with Crippen LogP contribution >= 0.6 is 0 Å². The fraction of sp³-hybridized carbons (Fsp3) is 0.280. The van der Waals surface area contributed by atoms with Crippen LogP contribution in [0.15, 0.2) is 83.0 Å². The quantitative estimate of drug-likeness (QED) is 0.647. The Morgan fingerprint density at radius 3 is 1.22 bits per heavy atom. The number of pyridine rings is 2. The number of hydrogen-bond acceptors (Lipinski definition) is 0. The second kappa shape index (κ2) is 4.06. The summed E-state index contributed by atoms with van der Waals surface area (Å²) in [6.07, 6.45) is 14.2. The van der Waals surface area contributed by atoms with E-state index in [1.54, 1.807) is 22.3 Å². The van der Waals surface area contributed by atoms with Gasteiger partial charge < -0.3 is 0 Å². The maximum Gasteiger partial charge on any atom is 0.382 e. The molecular weight excluding hydrogens is 328 g/mol. The lowest BCUT2D eigenvalue weighted by molar-refractivity contribution is -1.02. The van der Waals surface area contributed by atoms with E-state index >= 15 is 0 Å². The van der Waals surface area contributed by atoms with Crippen LogP contribution in [0.25, 0.3) is 0 Å². The first-order chi connectivity index (χ1) is 13.4. The van der Waals surface area contributed by atoms with E-state index in [0.29, 0.717) is 11.8 Å². The Bertz CT molecular complexity index is 1060. The van der Waals surface area contributed by atoms with Gasteiger partial charge in [-0.15, -0.1) is 9.13 Å². The molecule has 1 spiro atoms. The monoisotopic (exact) mass is 348 g/mol. The minimum absolute atomic E-state index is 0.0345. The first-order valence-electron chi connectivity index (χ1n) is 10.2. The molecule has 0 bridgehead atoms. The molecular formula is C25H20N2+2. The third kappa shape index (κ3) is 1.26. The fourth-order valence-corrected chi connectivity index (χ4v) is 7.32. The molecule has 0 radical (unpaired) electrons. The van der Waals surface area contributed by atoms with Gasteiger partial charge in [0.15, 0.2) is 22.8 Å². The summed E-state index contributed by atoms with van der Waals surface area (Å²) in [6, 6.07) is 14.0. The van der Waals surface area contributed by atoms with Crippen molar-refractivity contribution in [3.8, 4) is 0 Å². The van der Waals surface area contributed by atoms with Crippen molar-refractivity contribution in [3.63, 3.8) is 0 Å². The van der Waals surface area contributed by atoms with Crippen molar-refractivity contribution in [3.05, 3.63) is 106 Å². The lowest BCUT2D eigenvalue weighted by Gasteiger charge is -2.48. The molecule has 0 N–H and O–H groups in total. The van der Waals surface area contributed by atoms with Gasteiger partial charge in [-0.25, -0.2) is 0 Å². The minimum Gasteiger partial charge on any atom is -0.134 e. The van der Waals surface area contributed by atoms with Gasteiger partial charge in [0.1, 0.15) is 11.8 Å². The van der Waals surface area contributed by atoms with Crippen molar-refractivity contribution in [2.45, 2.75) is 31.3 Å². The lowest BCUT2D eigenvalue weighted by Crippen LogP contribution is -2.88. The zero-order valence-electron chi connectivity index (χ0n) is 15.2. The highest BCUT2D eigenvalue weighted by atomic mass is 15.3. The molecule has 0 atom stereocenters. The summed E-state index contributed by atoms with van der Waals surface area (Å²) >= 11 is 0. The van der Waals surface area contributed by atoms with Gasteiger partial charge in [-0.05, 0) is 34.4 Å². The summed E-state index contributed by atoms with van der Waals surface area (Å²) in [4.78, 5) is 0. The van der Waals surface area contributed by atoms with Gasteiger partial charge in [-0.2, -0.15) is 0 Å². The standard InChI is InChI=1S/C25H20N2/c1-3-19-11-15-7-9-17-13-21-5-2-6-22-14-18-10-8-16-12-20(4-1)26(19)25(23(15)17,24(16)18)27(21)22/h1-10,23-24H,11-14H2/q+2. The van der Waals surface area contributed by atoms with E-state index in [9.17, 15) is 0 Å². The van der Waals surface area contributed by atoms with Gasteiger partial charge in [-0.1, -0.05) is 24.3 Å². The summed E-state index contributed by atoms with van der Waals surface area (Å²) in [5, 5.41) is 0. The maximum absolute atomic E-state index is 2.78. The summed E-state index contributed by atoms with van der Waals surface area (Å²) in [7, 11) is 0. The van der Waals surface area contributed by atoms with Crippen molar-refractivity contribution >= 4 is 0 Å². The van der Waals surface area contributed by atoms with E-state index in [-0.39, 0.29) is 5.66 Å². The molecule has 2 aromatic heterocycles. The number of nitrogens with zero attached hydrogens (tertiary/aromatic N) is 2. The summed E-state index contributed by atoms with van der Waals surface area (Å²) in [6.45, 7) is 0. The molecule has 8 rings (SSSR count). The van der Waals surface area contributed by atoms with Crippen molar-refractivity contribution in [1.82, 2.24) is 0 Å². The molecule has 128 valence electrons. The molecule has 2 heteroatoms. The average molecular weight is 348 g/mol. The highest BCUT2D eigenvalue weighted by molar-refractivity contribution is 5.49. The van der Waals surface area contributed by atoms with Crippen molar-refractivity contribution in [2.24, 2.45) is 11.8 Å². The van der Waals surface area contributed by atoms with E-state index in [4.69, 9.17) is 0 Å². The second-order valence-corrected chi connectivity index (χ2v) is 9.01. The minimum atomic E-state index is -0.0345. The van der Waals surface area contributed by atoms with E-state index in [1.165, 1.54) is 22.8 Å². The van der Waals surface area contributed by atoms with Crippen LogP contribution in [0.2, 0.25) is 0 Å². The Morgan fingerprint density at radius 2 is 0.889 bits per heavy atom. The van der Waals surface area contributed by atoms with E-state index < -0.39 is 0 Å². The van der Waals surface area contributed by atoms with Gasteiger partial charge in [0.25, 0.3) is 0 Å². The molecule has 0 saturated heterocycles. The first kappa shape index (κ1) is 13.4. The molecule has 0 amide bonds. The maximum atomic E-state index is 2.78. The topological polar surface area (TPSA) is 7.76 Å². The lowest BCUT2D eigenvalue weighted by atomic mass is 9.61. The second-order valence-electron chi connectivity index (χ2n) is 9.01. The zero-order valence-corrected chi connectivity index (χ0v) is 15.2. The van der Waals surface area contributed by atoms with E-state index in [2.05, 4.69) is 69.8 Å². The van der Waals surface area contributed by atoms with Crippen LogP contribution in [-0.4, -0.2) is 0 Å². The van der Waals surface area contributed by atoms with Gasteiger partial charge in [0, 0.05) is 24.3 Å². The molecule has 4 aliphatic heterocycles. The van der Waals surface area contributed by atoms with E-state index in [1.807, 2.05) is 0 Å². The smallest absolute Gasteiger partial charge is 0.134 e. The molecule has 6 aliphatic rings. The molecule has 27 heavy (non-hydrogen) atoms. The predicted octanol–water partition coefficient (Wildman–Crippen LogP) is 2.65. The van der Waals surface area contributed by atoms with Crippen LogP contribution in [-0.2, 0) is 31.3 Å². The Balaban J connectivity index is 1.65. The molecule has 6 heterocycles. The first-order valence-corrected chi connectivity index (χ1v) is 10.2. The number of allylic oxidation sites excluding steroid dienone is 8. The molecule has 0 unspecified atom stereocenters. The Kier molecular flexibility index (Phi) is 2.02. The van der Waals surface area contributed by atoms with Crippen LogP contribution in [0, 0.1) is 11.8 Å². The molecule has 0 aromatic carbocycles. The van der Waals surface area contributed by atoms with Gasteiger partial charge >= 0.3 is 5.66 Å². The van der Waals surface area contributed by atoms with Crippen molar-refractivity contribution in [1.29, 1.82) is 0 Å². The van der Waals surface area contributed by atoms with Crippen LogP contribution in [0.3, 0.4) is 0 Å². The van der Waals surface area contributed by atoms with Gasteiger partial charge in [-0.3, -0.25) is 0 Å². The van der Waals surface area contributed by atoms with Crippen molar-refractivity contribution < 1.29 is 9.13 Å². The number of hydrogen-bond donors (Lipinski definition) is 0. The van der Waals surface area contributed by atoms with Crippen molar-refractivity contribution in [2.75, 3.05) is 0 Å². The number of rotatable bonds is 0. The average Bonchev–Trinajstić information content (AvgIpc) is 3.28. The van der Waals surface area contributed by atoms with Gasteiger partial charge in [0.2, 0.25) is 0 Å². The number of aromatic nitrogens is 2. The van der Waals surface area contributed by atoms with Crippen LogP contribution in [0.5, 0.6) is 0 Å². The molecule has 2 aromatic rings. The molecule has 2 nitrogen and oxygen atoms in total. The molecule has 0 saturated carbocycles. The SMILES string of the molecule is C1=C2Cc3cccc4[n+]3C35C2C(=C1)Cc1cccc([n+]13)CC1=CC=C(C4)C15. The summed E-state index contributed by atoms with van der Waals surface area (Å²) in [5.74, 6) is 1.04. The van der Waals surface area contributed by atoms with Crippen LogP contribution in [0.1, 0.15) is 22.8 Å². The normalized spacial score (nSPS) is 32.1. The Hall–Kier alpha value is -2.74. The van der Waals surface area contributed by atoms with E-state index in [0.717, 1.165) is 25.7 Å². The zero-order chi connectivity index (χ0) is 17.3. The third-order valence-corrected chi connectivity index (χ3v) is 7.92. The molecule has 0 fully saturated rings.